The van der Waals surface area contributed by atoms with Gasteiger partial charge in [0, 0.05) is 0 Å². The van der Waals surface area contributed by atoms with E-state index in [4.69, 9.17) is 4.74 Å². The molecule has 2 rings (SSSR count). The Morgan fingerprint density at radius 2 is 1.70 bits per heavy atom. The van der Waals surface area contributed by atoms with E-state index in [1.165, 1.54) is 0 Å². The van der Waals surface area contributed by atoms with Gasteiger partial charge in [0.05, 0.1) is 12.0 Å². The molecule has 0 bridgehead atoms. The second kappa shape index (κ2) is 5.47. The van der Waals surface area contributed by atoms with Crippen LogP contribution in [0, 0.1) is 5.41 Å². The molecule has 0 radical (unpaired) electrons. The van der Waals surface area contributed by atoms with Crippen LogP contribution in [-0.4, -0.2) is 17.7 Å². The number of carbonyl (C=O) groups is 1. The number of carboxylic acid groups (broad SMARTS) is 1. The van der Waals surface area contributed by atoms with Crippen molar-refractivity contribution in [2.24, 2.45) is 5.41 Å². The molecule has 0 aromatic heterocycles. The lowest BCUT2D eigenvalue weighted by Crippen LogP contribution is -2.54. The van der Waals surface area contributed by atoms with E-state index in [2.05, 4.69) is 13.8 Å². The normalized spacial score (nSPS) is 19.1. The average Bonchev–Trinajstić information content (AvgIpc) is 2.41. The van der Waals surface area contributed by atoms with E-state index < -0.39 is 11.4 Å². The first-order valence-corrected chi connectivity index (χ1v) is 7.48. The van der Waals surface area contributed by atoms with Gasteiger partial charge < -0.3 is 9.84 Å². The average molecular weight is 276 g/mol. The molecule has 1 aliphatic carbocycles. The van der Waals surface area contributed by atoms with Crippen LogP contribution in [0.5, 0.6) is 5.75 Å². The molecular weight excluding hydrogens is 252 g/mol. The quantitative estimate of drug-likeness (QED) is 0.854. The summed E-state index contributed by atoms with van der Waals surface area (Å²) in [4.78, 5) is 11.8. The van der Waals surface area contributed by atoms with Gasteiger partial charge in [-0.05, 0) is 42.9 Å². The first-order valence-electron chi connectivity index (χ1n) is 7.48. The summed E-state index contributed by atoms with van der Waals surface area (Å²) in [7, 11) is 0. The fourth-order valence-electron chi connectivity index (χ4n) is 3.49. The highest BCUT2D eigenvalue weighted by Gasteiger charge is 2.58. The van der Waals surface area contributed by atoms with Crippen molar-refractivity contribution < 1.29 is 14.6 Å². The van der Waals surface area contributed by atoms with Crippen molar-refractivity contribution >= 4 is 5.97 Å². The zero-order valence-corrected chi connectivity index (χ0v) is 12.6. The molecule has 1 saturated carbocycles. The maximum Gasteiger partial charge on any atom is 0.314 e. The van der Waals surface area contributed by atoms with Crippen molar-refractivity contribution in [1.29, 1.82) is 0 Å². The van der Waals surface area contributed by atoms with Crippen LogP contribution >= 0.6 is 0 Å². The molecule has 1 aromatic rings. The lowest BCUT2D eigenvalue weighted by molar-refractivity contribution is -0.155. The summed E-state index contributed by atoms with van der Waals surface area (Å²) in [5.41, 5.74) is 0.416. The Kier molecular flexibility index (Phi) is 4.07. The standard InChI is InChI=1S/C17H24O3/c1-4-16(5-2)11-17(12-16,15(18)19)13-7-9-14(10-8-13)20-6-3/h7-10H,4-6,11-12H2,1-3H3,(H,18,19). The molecule has 0 aliphatic heterocycles. The van der Waals surface area contributed by atoms with E-state index >= 15 is 0 Å². The molecule has 20 heavy (non-hydrogen) atoms. The summed E-state index contributed by atoms with van der Waals surface area (Å²) in [5.74, 6) is 0.104. The Bertz CT molecular complexity index is 464. The molecule has 110 valence electrons. The predicted octanol–water partition coefficient (Wildman–Crippen LogP) is 4.01. The Morgan fingerprint density at radius 3 is 2.10 bits per heavy atom. The molecule has 1 N–H and O–H groups in total. The van der Waals surface area contributed by atoms with Crippen LogP contribution in [-0.2, 0) is 10.2 Å². The predicted molar refractivity (Wildman–Crippen MR) is 79.2 cm³/mol. The highest BCUT2D eigenvalue weighted by atomic mass is 16.5. The lowest BCUT2D eigenvalue weighted by atomic mass is 9.48. The minimum absolute atomic E-state index is 0.205. The van der Waals surface area contributed by atoms with Crippen LogP contribution < -0.4 is 4.74 Å². The molecule has 3 nitrogen and oxygen atoms in total. The Morgan fingerprint density at radius 1 is 1.15 bits per heavy atom. The molecule has 1 fully saturated rings. The topological polar surface area (TPSA) is 46.5 Å². The fraction of sp³-hybridized carbons (Fsp3) is 0.588. The summed E-state index contributed by atoms with van der Waals surface area (Å²) in [6, 6.07) is 7.57. The number of carboxylic acids is 1. The van der Waals surface area contributed by atoms with Gasteiger partial charge in [0.1, 0.15) is 5.75 Å². The van der Waals surface area contributed by atoms with E-state index in [1.807, 2.05) is 31.2 Å². The third-order valence-corrected chi connectivity index (χ3v) is 4.98. The number of ether oxygens (including phenoxy) is 1. The Balaban J connectivity index is 2.25. The first kappa shape index (κ1) is 14.9. The smallest absolute Gasteiger partial charge is 0.314 e. The molecular formula is C17H24O3. The molecule has 0 saturated heterocycles. The molecule has 0 atom stereocenters. The van der Waals surface area contributed by atoms with Crippen LogP contribution in [0.1, 0.15) is 52.0 Å². The maximum absolute atomic E-state index is 11.8. The van der Waals surface area contributed by atoms with Gasteiger partial charge in [-0.25, -0.2) is 0 Å². The summed E-state index contributed by atoms with van der Waals surface area (Å²) < 4.78 is 5.42. The van der Waals surface area contributed by atoms with Crippen LogP contribution in [0.4, 0.5) is 0 Å². The molecule has 0 amide bonds. The van der Waals surface area contributed by atoms with Gasteiger partial charge in [0.15, 0.2) is 0 Å². The number of hydrogen-bond donors (Lipinski definition) is 1. The van der Waals surface area contributed by atoms with Crippen molar-refractivity contribution in [1.82, 2.24) is 0 Å². The molecule has 3 heteroatoms. The lowest BCUT2D eigenvalue weighted by Gasteiger charge is -2.54. The van der Waals surface area contributed by atoms with E-state index in [1.54, 1.807) is 0 Å². The molecule has 0 unspecified atom stereocenters. The summed E-state index contributed by atoms with van der Waals surface area (Å²) >= 11 is 0. The van der Waals surface area contributed by atoms with E-state index in [9.17, 15) is 9.90 Å². The molecule has 0 heterocycles. The van der Waals surface area contributed by atoms with Crippen molar-refractivity contribution in [3.63, 3.8) is 0 Å². The van der Waals surface area contributed by atoms with Crippen LogP contribution in [0.2, 0.25) is 0 Å². The van der Waals surface area contributed by atoms with Crippen LogP contribution in [0.25, 0.3) is 0 Å². The van der Waals surface area contributed by atoms with E-state index in [-0.39, 0.29) is 5.41 Å². The second-order valence-corrected chi connectivity index (χ2v) is 5.91. The number of hydrogen-bond acceptors (Lipinski definition) is 2. The summed E-state index contributed by atoms with van der Waals surface area (Å²) in [6.45, 7) is 6.88. The van der Waals surface area contributed by atoms with Crippen molar-refractivity contribution in [3.05, 3.63) is 29.8 Å². The highest BCUT2D eigenvalue weighted by Crippen LogP contribution is 2.59. The van der Waals surface area contributed by atoms with Crippen molar-refractivity contribution in [3.8, 4) is 5.75 Å². The van der Waals surface area contributed by atoms with Gasteiger partial charge in [-0.1, -0.05) is 38.8 Å². The zero-order chi connectivity index (χ0) is 14.8. The van der Waals surface area contributed by atoms with Gasteiger partial charge in [-0.15, -0.1) is 0 Å². The minimum atomic E-state index is -0.698. The van der Waals surface area contributed by atoms with Gasteiger partial charge in [0.25, 0.3) is 0 Å². The van der Waals surface area contributed by atoms with E-state index in [0.717, 1.165) is 37.0 Å². The third kappa shape index (κ3) is 2.30. The Labute approximate surface area is 121 Å². The highest BCUT2D eigenvalue weighted by molar-refractivity contribution is 5.83. The van der Waals surface area contributed by atoms with Gasteiger partial charge in [-0.2, -0.15) is 0 Å². The zero-order valence-electron chi connectivity index (χ0n) is 12.6. The van der Waals surface area contributed by atoms with Crippen molar-refractivity contribution in [2.45, 2.75) is 51.9 Å². The van der Waals surface area contributed by atoms with E-state index in [0.29, 0.717) is 6.61 Å². The van der Waals surface area contributed by atoms with Gasteiger partial charge in [-0.3, -0.25) is 4.79 Å². The van der Waals surface area contributed by atoms with Crippen molar-refractivity contribution in [2.75, 3.05) is 6.61 Å². The number of rotatable bonds is 6. The number of aliphatic carboxylic acids is 1. The maximum atomic E-state index is 11.8. The van der Waals surface area contributed by atoms with Gasteiger partial charge in [0.2, 0.25) is 0 Å². The first-order chi connectivity index (χ1) is 9.52. The summed E-state index contributed by atoms with van der Waals surface area (Å²) in [5, 5.41) is 9.70. The largest absolute Gasteiger partial charge is 0.494 e. The van der Waals surface area contributed by atoms with Crippen LogP contribution in [0.15, 0.2) is 24.3 Å². The number of benzene rings is 1. The minimum Gasteiger partial charge on any atom is -0.494 e. The molecule has 1 aliphatic rings. The van der Waals surface area contributed by atoms with Gasteiger partial charge >= 0.3 is 5.97 Å². The third-order valence-electron chi connectivity index (χ3n) is 4.98. The SMILES string of the molecule is CCOc1ccc(C2(C(=O)O)CC(CC)(CC)C2)cc1. The molecule has 1 aromatic carbocycles. The monoisotopic (exact) mass is 276 g/mol. The molecule has 0 spiro atoms. The fourth-order valence-corrected chi connectivity index (χ4v) is 3.49. The summed E-state index contributed by atoms with van der Waals surface area (Å²) in [6.07, 6.45) is 3.59. The second-order valence-electron chi connectivity index (χ2n) is 5.91. The Hall–Kier alpha value is -1.51. The van der Waals surface area contributed by atoms with Crippen LogP contribution in [0.3, 0.4) is 0 Å².